The summed E-state index contributed by atoms with van der Waals surface area (Å²) in [6.07, 6.45) is -0.519. The van der Waals surface area contributed by atoms with Crippen LogP contribution in [0.25, 0.3) is 0 Å². The molecule has 0 aromatic heterocycles. The largest absolute Gasteiger partial charge is 0.444 e. The first-order chi connectivity index (χ1) is 9.92. The normalized spacial score (nSPS) is 14.2. The number of ether oxygens (including phenoxy) is 1. The summed E-state index contributed by atoms with van der Waals surface area (Å²) in [6.45, 7) is 7.77. The number of halogens is 2. The van der Waals surface area contributed by atoms with Gasteiger partial charge in [-0.05, 0) is 52.3 Å². The number of carbonyl (C=O) groups is 2. The molecule has 1 unspecified atom stereocenters. The summed E-state index contributed by atoms with van der Waals surface area (Å²) >= 11 is 0. The third kappa shape index (κ3) is 3.61. The van der Waals surface area contributed by atoms with E-state index in [-0.39, 0.29) is 0 Å². The first-order valence-electron chi connectivity index (χ1n) is 6.81. The van der Waals surface area contributed by atoms with Crippen LogP contribution in [0.3, 0.4) is 0 Å². The van der Waals surface area contributed by atoms with Crippen LogP contribution in [0.1, 0.15) is 38.8 Å². The van der Waals surface area contributed by atoms with Crippen molar-refractivity contribution in [1.29, 1.82) is 0 Å². The second kappa shape index (κ2) is 6.02. The highest BCUT2D eigenvalue weighted by Crippen LogP contribution is 2.31. The van der Waals surface area contributed by atoms with Gasteiger partial charge in [0.25, 0.3) is 0 Å². The molecule has 122 valence electrons. The Morgan fingerprint density at radius 3 is 2.00 bits per heavy atom. The van der Waals surface area contributed by atoms with Gasteiger partial charge in [-0.25, -0.2) is 13.6 Å². The molecule has 1 rings (SSSR count). The molecule has 0 aliphatic carbocycles. The lowest BCUT2D eigenvalue weighted by molar-refractivity contribution is -0.117. The predicted molar refractivity (Wildman–Crippen MR) is 78.5 cm³/mol. The highest BCUT2D eigenvalue weighted by Gasteiger charge is 2.41. The number of benzene rings is 1. The molecule has 4 nitrogen and oxygen atoms in total. The fraction of sp³-hybridized carbons (Fsp3) is 0.500. The standard InChI is InChI=1S/C16H21F2NO3/c1-10-7-11(17)13(12(18)8-10)16(5,9-20)19(6)14(21)22-15(2,3)4/h7-9H,1-6H3. The molecule has 0 fully saturated rings. The van der Waals surface area contributed by atoms with Crippen molar-refractivity contribution >= 4 is 12.4 Å². The quantitative estimate of drug-likeness (QED) is 0.802. The minimum absolute atomic E-state index is 0.327. The van der Waals surface area contributed by atoms with Crippen molar-refractivity contribution in [2.24, 2.45) is 0 Å². The monoisotopic (exact) mass is 313 g/mol. The van der Waals surface area contributed by atoms with Crippen LogP contribution in [0.15, 0.2) is 12.1 Å². The minimum Gasteiger partial charge on any atom is -0.444 e. The van der Waals surface area contributed by atoms with E-state index in [0.29, 0.717) is 11.8 Å². The van der Waals surface area contributed by atoms with Crippen LogP contribution < -0.4 is 0 Å². The van der Waals surface area contributed by atoms with Gasteiger partial charge >= 0.3 is 6.09 Å². The Kier molecular flexibility index (Phi) is 4.95. The molecular formula is C16H21F2NO3. The van der Waals surface area contributed by atoms with Gasteiger partial charge in [0.15, 0.2) is 0 Å². The fourth-order valence-electron chi connectivity index (χ4n) is 2.01. The van der Waals surface area contributed by atoms with Crippen molar-refractivity contribution in [2.45, 2.75) is 45.8 Å². The lowest BCUT2D eigenvalue weighted by Crippen LogP contribution is -2.49. The predicted octanol–water partition coefficient (Wildman–Crippen LogP) is 3.55. The number of hydrogen-bond acceptors (Lipinski definition) is 3. The van der Waals surface area contributed by atoms with E-state index in [0.717, 1.165) is 17.0 Å². The molecule has 0 bridgehead atoms. The van der Waals surface area contributed by atoms with Crippen molar-refractivity contribution in [1.82, 2.24) is 4.90 Å². The number of aryl methyl sites for hydroxylation is 1. The molecule has 0 aliphatic heterocycles. The molecule has 1 aromatic rings. The van der Waals surface area contributed by atoms with Crippen LogP contribution in [0.5, 0.6) is 0 Å². The SMILES string of the molecule is Cc1cc(F)c(C(C)(C=O)N(C)C(=O)OC(C)(C)C)c(F)c1. The maximum atomic E-state index is 14.2. The van der Waals surface area contributed by atoms with Crippen molar-refractivity contribution in [2.75, 3.05) is 7.05 Å². The van der Waals surface area contributed by atoms with Crippen LogP contribution in [0.2, 0.25) is 0 Å². The number of amides is 1. The highest BCUT2D eigenvalue weighted by molar-refractivity contribution is 5.78. The van der Waals surface area contributed by atoms with Gasteiger partial charge < -0.3 is 9.53 Å². The van der Waals surface area contributed by atoms with Crippen molar-refractivity contribution in [3.8, 4) is 0 Å². The zero-order chi connectivity index (χ0) is 17.3. The number of likely N-dealkylation sites (N-methyl/N-ethyl adjacent to an activating group) is 1. The molecule has 0 radical (unpaired) electrons. The van der Waals surface area contributed by atoms with E-state index in [1.807, 2.05) is 0 Å². The summed E-state index contributed by atoms with van der Waals surface area (Å²) < 4.78 is 33.5. The average molecular weight is 313 g/mol. The Hall–Kier alpha value is -1.98. The molecule has 0 spiro atoms. The molecule has 1 aromatic carbocycles. The van der Waals surface area contributed by atoms with Crippen LogP contribution in [0.4, 0.5) is 13.6 Å². The number of nitrogens with zero attached hydrogens (tertiary/aromatic N) is 1. The third-order valence-corrected chi connectivity index (χ3v) is 3.29. The van der Waals surface area contributed by atoms with E-state index < -0.39 is 34.4 Å². The fourth-order valence-corrected chi connectivity index (χ4v) is 2.01. The summed E-state index contributed by atoms with van der Waals surface area (Å²) in [7, 11) is 1.27. The van der Waals surface area contributed by atoms with Crippen molar-refractivity contribution in [3.05, 3.63) is 34.9 Å². The minimum atomic E-state index is -1.82. The molecule has 0 heterocycles. The maximum Gasteiger partial charge on any atom is 0.411 e. The number of carbonyl (C=O) groups excluding carboxylic acids is 2. The Balaban J connectivity index is 3.33. The van der Waals surface area contributed by atoms with Gasteiger partial charge in [0.1, 0.15) is 29.1 Å². The molecule has 22 heavy (non-hydrogen) atoms. The molecule has 0 aliphatic rings. The number of rotatable bonds is 3. The summed E-state index contributed by atoms with van der Waals surface area (Å²) in [5.74, 6) is -1.77. The van der Waals surface area contributed by atoms with Crippen molar-refractivity contribution in [3.63, 3.8) is 0 Å². The van der Waals surface area contributed by atoms with Gasteiger partial charge in [0.05, 0.1) is 5.56 Å². The van der Waals surface area contributed by atoms with Crippen LogP contribution >= 0.6 is 0 Å². The second-order valence-corrected chi connectivity index (χ2v) is 6.41. The molecule has 0 saturated heterocycles. The van der Waals surface area contributed by atoms with E-state index in [4.69, 9.17) is 4.74 Å². The Morgan fingerprint density at radius 2 is 1.64 bits per heavy atom. The van der Waals surface area contributed by atoms with Gasteiger partial charge in [-0.1, -0.05) is 0 Å². The second-order valence-electron chi connectivity index (χ2n) is 6.41. The molecule has 0 N–H and O–H groups in total. The molecule has 0 saturated carbocycles. The first-order valence-corrected chi connectivity index (χ1v) is 6.81. The smallest absolute Gasteiger partial charge is 0.411 e. The van der Waals surface area contributed by atoms with E-state index in [1.165, 1.54) is 20.9 Å². The third-order valence-electron chi connectivity index (χ3n) is 3.29. The summed E-state index contributed by atoms with van der Waals surface area (Å²) in [5.41, 5.74) is -2.71. The summed E-state index contributed by atoms with van der Waals surface area (Å²) in [5, 5.41) is 0. The number of hydrogen-bond donors (Lipinski definition) is 0. The molecule has 1 amide bonds. The molecule has 1 atom stereocenters. The Morgan fingerprint density at radius 1 is 1.18 bits per heavy atom. The zero-order valence-corrected chi connectivity index (χ0v) is 13.7. The van der Waals surface area contributed by atoms with E-state index in [1.54, 1.807) is 20.8 Å². The van der Waals surface area contributed by atoms with Crippen LogP contribution in [-0.2, 0) is 15.1 Å². The zero-order valence-electron chi connectivity index (χ0n) is 13.7. The lowest BCUT2D eigenvalue weighted by Gasteiger charge is -2.36. The molecule has 6 heteroatoms. The van der Waals surface area contributed by atoms with E-state index >= 15 is 0 Å². The molecular weight excluding hydrogens is 292 g/mol. The first kappa shape index (κ1) is 18.1. The van der Waals surface area contributed by atoms with E-state index in [2.05, 4.69) is 0 Å². The summed E-state index contributed by atoms with van der Waals surface area (Å²) in [6, 6.07) is 2.23. The van der Waals surface area contributed by atoms with Gasteiger partial charge in [0.2, 0.25) is 0 Å². The van der Waals surface area contributed by atoms with Crippen LogP contribution in [-0.4, -0.2) is 29.9 Å². The van der Waals surface area contributed by atoms with Gasteiger partial charge in [-0.15, -0.1) is 0 Å². The maximum absolute atomic E-state index is 14.2. The Bertz CT molecular complexity index is 573. The van der Waals surface area contributed by atoms with Crippen LogP contribution in [0, 0.1) is 18.6 Å². The topological polar surface area (TPSA) is 46.6 Å². The number of aldehydes is 1. The van der Waals surface area contributed by atoms with E-state index in [9.17, 15) is 18.4 Å². The van der Waals surface area contributed by atoms with Crippen molar-refractivity contribution < 1.29 is 23.1 Å². The Labute approximate surface area is 129 Å². The average Bonchev–Trinajstić information content (AvgIpc) is 2.34. The van der Waals surface area contributed by atoms with Gasteiger partial charge in [-0.2, -0.15) is 0 Å². The van der Waals surface area contributed by atoms with Gasteiger partial charge in [0, 0.05) is 7.05 Å². The highest BCUT2D eigenvalue weighted by atomic mass is 19.1. The summed E-state index contributed by atoms with van der Waals surface area (Å²) in [4.78, 5) is 24.6. The van der Waals surface area contributed by atoms with Gasteiger partial charge in [-0.3, -0.25) is 4.90 Å². The lowest BCUT2D eigenvalue weighted by atomic mass is 9.90.